The fourth-order valence-corrected chi connectivity index (χ4v) is 3.17. The molecule has 0 saturated carbocycles. The molecule has 2 rings (SSSR count). The summed E-state index contributed by atoms with van der Waals surface area (Å²) in [5.41, 5.74) is 2.15. The molecule has 0 spiro atoms. The van der Waals surface area contributed by atoms with Crippen molar-refractivity contribution >= 4 is 23.5 Å². The fourth-order valence-electron chi connectivity index (χ4n) is 2.29. The summed E-state index contributed by atoms with van der Waals surface area (Å²) in [5.74, 6) is -0.501. The number of H-pyrrole nitrogens is 1. The van der Waals surface area contributed by atoms with Crippen molar-refractivity contribution < 1.29 is 14.3 Å². The van der Waals surface area contributed by atoms with Gasteiger partial charge in [-0.1, -0.05) is 11.8 Å². The molecule has 0 bridgehead atoms. The summed E-state index contributed by atoms with van der Waals surface area (Å²) in [4.78, 5) is 31.6. The molecular weight excluding hydrogens is 302 g/mol. The molecule has 2 aromatic rings. The number of hydrogen-bond donors (Lipinski definition) is 1. The first-order valence-electron chi connectivity index (χ1n) is 6.82. The van der Waals surface area contributed by atoms with Gasteiger partial charge in [0.05, 0.1) is 23.6 Å². The molecule has 6 nitrogen and oxygen atoms in total. The summed E-state index contributed by atoms with van der Waals surface area (Å²) < 4.78 is 6.63. The number of nitrogens with one attached hydrogen (secondary N) is 1. The van der Waals surface area contributed by atoms with E-state index in [9.17, 15) is 9.59 Å². The van der Waals surface area contributed by atoms with E-state index in [0.29, 0.717) is 22.5 Å². The van der Waals surface area contributed by atoms with Gasteiger partial charge < -0.3 is 14.3 Å². The number of aryl methyl sites for hydroxylation is 2. The molecule has 2 heterocycles. The molecule has 0 fully saturated rings. The van der Waals surface area contributed by atoms with Crippen LogP contribution in [-0.4, -0.2) is 38.6 Å². The van der Waals surface area contributed by atoms with Crippen LogP contribution in [0.1, 0.15) is 39.0 Å². The first-order chi connectivity index (χ1) is 10.4. The maximum atomic E-state index is 12.6. The van der Waals surface area contributed by atoms with E-state index in [1.807, 2.05) is 24.7 Å². The highest BCUT2D eigenvalue weighted by Gasteiger charge is 2.26. The predicted octanol–water partition coefficient (Wildman–Crippen LogP) is 2.52. The zero-order valence-corrected chi connectivity index (χ0v) is 14.1. The summed E-state index contributed by atoms with van der Waals surface area (Å²) in [6.07, 6.45) is 3.53. The first kappa shape index (κ1) is 16.4. The summed E-state index contributed by atoms with van der Waals surface area (Å²) >= 11 is 1.38. The number of ketones is 1. The van der Waals surface area contributed by atoms with Crippen molar-refractivity contribution in [2.75, 3.05) is 7.11 Å². The number of carbonyl (C=O) groups excluding carboxylic acids is 2. The Kier molecular flexibility index (Phi) is 4.75. The predicted molar refractivity (Wildman–Crippen MR) is 84.5 cm³/mol. The number of aromatic nitrogens is 3. The number of thioether (sulfide) groups is 1. The van der Waals surface area contributed by atoms with Gasteiger partial charge in [0.2, 0.25) is 0 Å². The monoisotopic (exact) mass is 321 g/mol. The van der Waals surface area contributed by atoms with Crippen LogP contribution >= 0.6 is 11.8 Å². The van der Waals surface area contributed by atoms with Gasteiger partial charge in [-0.05, 0) is 26.3 Å². The molecule has 0 amide bonds. The zero-order chi connectivity index (χ0) is 16.4. The Morgan fingerprint density at radius 1 is 1.41 bits per heavy atom. The minimum atomic E-state index is -0.435. The number of rotatable bonds is 5. The number of esters is 1. The number of imidazole rings is 1. The molecule has 0 radical (unpaired) electrons. The summed E-state index contributed by atoms with van der Waals surface area (Å²) in [6.45, 7) is 5.34. The standard InChI is InChI=1S/C15H19N3O3S/c1-8-11(14(20)21-5)9(2)17-12(8)13(19)10(3)22-15-16-6-7-18(15)4/h6-7,10,17H,1-5H3. The highest BCUT2D eigenvalue weighted by atomic mass is 32.2. The minimum absolute atomic E-state index is 0.0660. The molecular formula is C15H19N3O3S. The van der Waals surface area contributed by atoms with Crippen molar-refractivity contribution in [3.05, 3.63) is 34.9 Å². The number of Topliss-reactive ketones (excluding diaryl/α,β-unsaturated/α-hetero) is 1. The van der Waals surface area contributed by atoms with Crippen LogP contribution in [-0.2, 0) is 11.8 Å². The lowest BCUT2D eigenvalue weighted by Crippen LogP contribution is -2.16. The van der Waals surface area contributed by atoms with E-state index in [4.69, 9.17) is 4.74 Å². The van der Waals surface area contributed by atoms with Crippen LogP contribution < -0.4 is 0 Å². The quantitative estimate of drug-likeness (QED) is 0.520. The minimum Gasteiger partial charge on any atom is -0.465 e. The zero-order valence-electron chi connectivity index (χ0n) is 13.3. The van der Waals surface area contributed by atoms with Crippen molar-refractivity contribution in [1.82, 2.24) is 14.5 Å². The highest BCUT2D eigenvalue weighted by molar-refractivity contribution is 8.00. The Labute approximate surface area is 133 Å². The van der Waals surface area contributed by atoms with E-state index in [1.54, 1.807) is 20.0 Å². The third-order valence-corrected chi connectivity index (χ3v) is 4.67. The number of nitrogens with zero attached hydrogens (tertiary/aromatic N) is 2. The summed E-state index contributed by atoms with van der Waals surface area (Å²) in [7, 11) is 3.21. The van der Waals surface area contributed by atoms with E-state index in [0.717, 1.165) is 5.16 Å². The van der Waals surface area contributed by atoms with Crippen molar-refractivity contribution in [3.8, 4) is 0 Å². The average molecular weight is 321 g/mol. The van der Waals surface area contributed by atoms with E-state index in [2.05, 4.69) is 9.97 Å². The van der Waals surface area contributed by atoms with E-state index in [1.165, 1.54) is 18.9 Å². The SMILES string of the molecule is COC(=O)c1c(C)[nH]c(C(=O)C(C)Sc2nccn2C)c1C. The molecule has 0 aliphatic rings. The maximum absolute atomic E-state index is 12.6. The average Bonchev–Trinajstić information content (AvgIpc) is 3.01. The van der Waals surface area contributed by atoms with Gasteiger partial charge in [0.25, 0.3) is 0 Å². The van der Waals surface area contributed by atoms with Gasteiger partial charge in [-0.25, -0.2) is 9.78 Å². The van der Waals surface area contributed by atoms with Gasteiger partial charge in [-0.3, -0.25) is 4.79 Å². The summed E-state index contributed by atoms with van der Waals surface area (Å²) in [5, 5.41) is 0.457. The van der Waals surface area contributed by atoms with Crippen molar-refractivity contribution in [1.29, 1.82) is 0 Å². The smallest absolute Gasteiger partial charge is 0.339 e. The molecule has 22 heavy (non-hydrogen) atoms. The van der Waals surface area contributed by atoms with Crippen LogP contribution in [0, 0.1) is 13.8 Å². The second-order valence-electron chi connectivity index (χ2n) is 5.06. The lowest BCUT2D eigenvalue weighted by Gasteiger charge is -2.09. The van der Waals surface area contributed by atoms with Gasteiger partial charge in [-0.15, -0.1) is 0 Å². The van der Waals surface area contributed by atoms with Crippen LogP contribution in [0.3, 0.4) is 0 Å². The first-order valence-corrected chi connectivity index (χ1v) is 7.70. The van der Waals surface area contributed by atoms with Gasteiger partial charge >= 0.3 is 5.97 Å². The van der Waals surface area contributed by atoms with E-state index < -0.39 is 5.97 Å². The van der Waals surface area contributed by atoms with Crippen LogP contribution in [0.5, 0.6) is 0 Å². The molecule has 118 valence electrons. The number of methoxy groups -OCH3 is 1. The normalized spacial score (nSPS) is 12.2. The molecule has 7 heteroatoms. The van der Waals surface area contributed by atoms with Gasteiger partial charge in [0, 0.05) is 25.1 Å². The number of ether oxygens (including phenoxy) is 1. The largest absolute Gasteiger partial charge is 0.465 e. The maximum Gasteiger partial charge on any atom is 0.339 e. The molecule has 1 unspecified atom stereocenters. The number of carbonyl (C=O) groups is 2. The van der Waals surface area contributed by atoms with E-state index in [-0.39, 0.29) is 11.0 Å². The Hall–Kier alpha value is -2.02. The Morgan fingerprint density at radius 2 is 2.09 bits per heavy atom. The van der Waals surface area contributed by atoms with Gasteiger partial charge in [-0.2, -0.15) is 0 Å². The van der Waals surface area contributed by atoms with Crippen LogP contribution in [0.25, 0.3) is 0 Å². The van der Waals surface area contributed by atoms with Gasteiger partial charge in [0.15, 0.2) is 10.9 Å². The topological polar surface area (TPSA) is 77.0 Å². The number of hydrogen-bond acceptors (Lipinski definition) is 5. The third kappa shape index (κ3) is 2.94. The second-order valence-corrected chi connectivity index (χ2v) is 6.37. The molecule has 2 aromatic heterocycles. The molecule has 1 N–H and O–H groups in total. The van der Waals surface area contributed by atoms with Crippen LogP contribution in [0.2, 0.25) is 0 Å². The summed E-state index contributed by atoms with van der Waals surface area (Å²) in [6, 6.07) is 0. The Balaban J connectivity index is 2.26. The fraction of sp³-hybridized carbons (Fsp3) is 0.400. The number of aromatic amines is 1. The second kappa shape index (κ2) is 6.39. The van der Waals surface area contributed by atoms with Crippen molar-refractivity contribution in [2.24, 2.45) is 7.05 Å². The van der Waals surface area contributed by atoms with Gasteiger partial charge in [0.1, 0.15) is 0 Å². The molecule has 0 saturated heterocycles. The Bertz CT molecular complexity index is 718. The molecule has 0 aromatic carbocycles. The van der Waals surface area contributed by atoms with Crippen LogP contribution in [0.4, 0.5) is 0 Å². The molecule has 1 atom stereocenters. The highest BCUT2D eigenvalue weighted by Crippen LogP contribution is 2.26. The molecule has 0 aliphatic carbocycles. The van der Waals surface area contributed by atoms with Crippen molar-refractivity contribution in [3.63, 3.8) is 0 Å². The lowest BCUT2D eigenvalue weighted by molar-refractivity contribution is 0.0599. The lowest BCUT2D eigenvalue weighted by atomic mass is 10.1. The Morgan fingerprint density at radius 3 is 2.64 bits per heavy atom. The van der Waals surface area contributed by atoms with Crippen LogP contribution in [0.15, 0.2) is 17.6 Å². The molecule has 0 aliphatic heterocycles. The van der Waals surface area contributed by atoms with E-state index >= 15 is 0 Å². The third-order valence-electron chi connectivity index (χ3n) is 3.50. The van der Waals surface area contributed by atoms with Crippen molar-refractivity contribution in [2.45, 2.75) is 31.2 Å².